The molecule has 6 nitrogen and oxygen atoms in total. The van der Waals surface area contributed by atoms with Crippen molar-refractivity contribution in [3.05, 3.63) is 22.8 Å². The van der Waals surface area contributed by atoms with E-state index in [1.54, 1.807) is 22.2 Å². The summed E-state index contributed by atoms with van der Waals surface area (Å²) in [5.41, 5.74) is 5.00. The van der Waals surface area contributed by atoms with E-state index in [1.165, 1.54) is 16.9 Å². The predicted molar refractivity (Wildman–Crippen MR) is 79.5 cm³/mol. The molecule has 0 unspecified atom stereocenters. The second-order valence-electron chi connectivity index (χ2n) is 4.98. The molecular weight excluding hydrogens is 272 g/mol. The average Bonchev–Trinajstić information content (AvgIpc) is 3.12. The summed E-state index contributed by atoms with van der Waals surface area (Å²) in [6, 6.07) is 0. The van der Waals surface area contributed by atoms with Gasteiger partial charge >= 0.3 is 0 Å². The summed E-state index contributed by atoms with van der Waals surface area (Å²) in [7, 11) is 1.88. The molecule has 0 saturated carbocycles. The Hall–Kier alpha value is -1.99. The van der Waals surface area contributed by atoms with Gasteiger partial charge in [-0.2, -0.15) is 5.10 Å². The Balaban J connectivity index is 1.97. The maximum Gasteiger partial charge on any atom is 0.166 e. The zero-order valence-electron chi connectivity index (χ0n) is 11.1. The molecule has 20 heavy (non-hydrogen) atoms. The molecule has 0 fully saturated rings. The predicted octanol–water partition coefficient (Wildman–Crippen LogP) is 1.87. The quantitative estimate of drug-likeness (QED) is 0.555. The lowest BCUT2D eigenvalue weighted by atomic mass is 10.2. The lowest BCUT2D eigenvalue weighted by Gasteiger charge is -2.05. The van der Waals surface area contributed by atoms with Crippen LogP contribution in [0.25, 0.3) is 21.6 Å². The largest absolute Gasteiger partial charge is 0.308 e. The van der Waals surface area contributed by atoms with E-state index in [0.717, 1.165) is 28.6 Å². The molecule has 102 valence electrons. The van der Waals surface area contributed by atoms with Gasteiger partial charge in [0.1, 0.15) is 4.83 Å². The summed E-state index contributed by atoms with van der Waals surface area (Å²) >= 11 is 1.76. The van der Waals surface area contributed by atoms with Gasteiger partial charge in [0, 0.05) is 18.1 Å². The molecule has 3 aromatic heterocycles. The van der Waals surface area contributed by atoms with Gasteiger partial charge in [-0.1, -0.05) is 0 Å². The first-order valence-electron chi connectivity index (χ1n) is 6.54. The number of hydrogen-bond donors (Lipinski definition) is 2. The highest BCUT2D eigenvalue weighted by atomic mass is 32.1. The smallest absolute Gasteiger partial charge is 0.166 e. The number of nitrogens with two attached hydrogens (primary N) is 1. The second-order valence-corrected chi connectivity index (χ2v) is 6.06. The maximum absolute atomic E-state index is 5.66. The van der Waals surface area contributed by atoms with Crippen molar-refractivity contribution in [3.8, 4) is 11.4 Å². The monoisotopic (exact) mass is 286 g/mol. The number of nitrogens with one attached hydrogen (secondary N) is 1. The molecule has 0 aliphatic heterocycles. The zero-order chi connectivity index (χ0) is 13.7. The number of rotatable bonds is 2. The number of anilines is 1. The SMILES string of the molecule is Cn1cc(-c2nc(NN)c3c4c(sc3n2)CCC4)cn1. The summed E-state index contributed by atoms with van der Waals surface area (Å²) < 4.78 is 1.74. The number of nitrogens with zero attached hydrogens (tertiary/aromatic N) is 4. The van der Waals surface area contributed by atoms with E-state index in [4.69, 9.17) is 5.84 Å². The van der Waals surface area contributed by atoms with Gasteiger partial charge in [-0.15, -0.1) is 11.3 Å². The van der Waals surface area contributed by atoms with E-state index < -0.39 is 0 Å². The van der Waals surface area contributed by atoms with E-state index in [-0.39, 0.29) is 0 Å². The standard InChI is InChI=1S/C13H14N6S/c1-19-6-7(5-15-19)11-16-12(18-14)10-8-3-2-4-9(8)20-13(10)17-11/h5-6H,2-4,14H2,1H3,(H,16,17,18). The highest BCUT2D eigenvalue weighted by Crippen LogP contribution is 2.40. The normalized spacial score (nSPS) is 13.9. The van der Waals surface area contributed by atoms with Crippen molar-refractivity contribution in [2.24, 2.45) is 12.9 Å². The van der Waals surface area contributed by atoms with Crippen molar-refractivity contribution in [2.45, 2.75) is 19.3 Å². The van der Waals surface area contributed by atoms with Crippen LogP contribution >= 0.6 is 11.3 Å². The van der Waals surface area contributed by atoms with Crippen molar-refractivity contribution < 1.29 is 0 Å². The molecule has 7 heteroatoms. The van der Waals surface area contributed by atoms with Gasteiger partial charge < -0.3 is 5.43 Å². The maximum atomic E-state index is 5.66. The van der Waals surface area contributed by atoms with Crippen LogP contribution in [0.5, 0.6) is 0 Å². The van der Waals surface area contributed by atoms with Gasteiger partial charge in [0.2, 0.25) is 0 Å². The van der Waals surface area contributed by atoms with Crippen LogP contribution < -0.4 is 11.3 Å². The topological polar surface area (TPSA) is 81.7 Å². The average molecular weight is 286 g/mol. The Morgan fingerprint density at radius 3 is 3.00 bits per heavy atom. The van der Waals surface area contributed by atoms with Gasteiger partial charge in [0.05, 0.1) is 17.1 Å². The fraction of sp³-hybridized carbons (Fsp3) is 0.308. The number of fused-ring (bicyclic) bond motifs is 3. The van der Waals surface area contributed by atoms with Gasteiger partial charge in [0.25, 0.3) is 0 Å². The van der Waals surface area contributed by atoms with Gasteiger partial charge in [-0.3, -0.25) is 4.68 Å². The van der Waals surface area contributed by atoms with Crippen LogP contribution in [0.3, 0.4) is 0 Å². The Morgan fingerprint density at radius 2 is 2.25 bits per heavy atom. The van der Waals surface area contributed by atoms with E-state index in [2.05, 4.69) is 20.5 Å². The number of thiophene rings is 1. The van der Waals surface area contributed by atoms with Crippen molar-refractivity contribution in [3.63, 3.8) is 0 Å². The summed E-state index contributed by atoms with van der Waals surface area (Å²) in [6.07, 6.45) is 7.12. The minimum absolute atomic E-state index is 0.665. The van der Waals surface area contributed by atoms with Crippen LogP contribution in [-0.4, -0.2) is 19.7 Å². The van der Waals surface area contributed by atoms with Gasteiger partial charge in [-0.25, -0.2) is 15.8 Å². The fourth-order valence-electron chi connectivity index (χ4n) is 2.77. The molecule has 0 bridgehead atoms. The van der Waals surface area contributed by atoms with E-state index in [9.17, 15) is 0 Å². The van der Waals surface area contributed by atoms with Gasteiger partial charge in [0.15, 0.2) is 11.6 Å². The second kappa shape index (κ2) is 4.26. The molecular formula is C13H14N6S. The van der Waals surface area contributed by atoms with E-state index in [0.29, 0.717) is 11.6 Å². The van der Waals surface area contributed by atoms with Crippen molar-refractivity contribution >= 4 is 27.4 Å². The highest BCUT2D eigenvalue weighted by Gasteiger charge is 2.22. The summed E-state index contributed by atoms with van der Waals surface area (Å²) in [4.78, 5) is 11.7. The van der Waals surface area contributed by atoms with Crippen LogP contribution in [-0.2, 0) is 19.9 Å². The number of hydrazine groups is 1. The summed E-state index contributed by atoms with van der Waals surface area (Å²) in [5.74, 6) is 7.05. The van der Waals surface area contributed by atoms with Crippen LogP contribution in [0.2, 0.25) is 0 Å². The Bertz CT molecular complexity index is 803. The lowest BCUT2D eigenvalue weighted by molar-refractivity contribution is 0.768. The first-order valence-corrected chi connectivity index (χ1v) is 7.36. The Morgan fingerprint density at radius 1 is 1.35 bits per heavy atom. The number of hydrogen-bond acceptors (Lipinski definition) is 6. The highest BCUT2D eigenvalue weighted by molar-refractivity contribution is 7.19. The number of aryl methyl sites for hydroxylation is 3. The van der Waals surface area contributed by atoms with Crippen LogP contribution in [0.1, 0.15) is 16.9 Å². The minimum atomic E-state index is 0.665. The van der Waals surface area contributed by atoms with Gasteiger partial charge in [-0.05, 0) is 24.8 Å². The molecule has 4 rings (SSSR count). The zero-order valence-corrected chi connectivity index (χ0v) is 11.9. The molecule has 0 spiro atoms. The summed E-state index contributed by atoms with van der Waals surface area (Å²) in [5, 5.41) is 5.26. The molecule has 1 aliphatic rings. The van der Waals surface area contributed by atoms with Crippen LogP contribution in [0.15, 0.2) is 12.4 Å². The molecule has 0 aromatic carbocycles. The molecule has 0 saturated heterocycles. The van der Waals surface area contributed by atoms with Crippen molar-refractivity contribution in [1.82, 2.24) is 19.7 Å². The van der Waals surface area contributed by atoms with Crippen LogP contribution in [0.4, 0.5) is 5.82 Å². The third-order valence-electron chi connectivity index (χ3n) is 3.66. The minimum Gasteiger partial charge on any atom is -0.308 e. The van der Waals surface area contributed by atoms with Crippen molar-refractivity contribution in [1.29, 1.82) is 0 Å². The molecule has 0 amide bonds. The Labute approximate surface area is 119 Å². The van der Waals surface area contributed by atoms with Crippen LogP contribution in [0, 0.1) is 0 Å². The first-order chi connectivity index (χ1) is 9.76. The molecule has 1 aliphatic carbocycles. The lowest BCUT2D eigenvalue weighted by Crippen LogP contribution is -2.10. The summed E-state index contributed by atoms with van der Waals surface area (Å²) in [6.45, 7) is 0. The first kappa shape index (κ1) is 11.8. The van der Waals surface area contributed by atoms with Crippen molar-refractivity contribution in [2.75, 3.05) is 5.43 Å². The molecule has 0 atom stereocenters. The fourth-order valence-corrected chi connectivity index (χ4v) is 4.03. The third-order valence-corrected chi connectivity index (χ3v) is 4.85. The molecule has 0 radical (unpaired) electrons. The molecule has 3 heterocycles. The molecule has 3 aromatic rings. The Kier molecular flexibility index (Phi) is 2.51. The molecule has 3 N–H and O–H groups in total. The van der Waals surface area contributed by atoms with E-state index in [1.807, 2.05) is 13.2 Å². The number of nitrogen functional groups attached to an aromatic ring is 1. The van der Waals surface area contributed by atoms with E-state index >= 15 is 0 Å². The number of aromatic nitrogens is 4. The third kappa shape index (κ3) is 1.63.